The highest BCUT2D eigenvalue weighted by Gasteiger charge is 2.25. The SMILES string of the molecule is CCOC1(Cl)C=CC(Oc2ccc(N)cc2)=CC1. The minimum absolute atomic E-state index is 0.579. The molecule has 0 aromatic heterocycles. The number of rotatable bonds is 4. The summed E-state index contributed by atoms with van der Waals surface area (Å²) in [6.45, 7) is 2.50. The average Bonchev–Trinajstić information content (AvgIpc) is 2.35. The van der Waals surface area contributed by atoms with Gasteiger partial charge in [-0.2, -0.15) is 0 Å². The average molecular weight is 266 g/mol. The fourth-order valence-electron chi connectivity index (χ4n) is 1.68. The fraction of sp³-hybridized carbons (Fsp3) is 0.286. The second kappa shape index (κ2) is 5.46. The van der Waals surface area contributed by atoms with E-state index in [4.69, 9.17) is 26.8 Å². The molecule has 3 nitrogen and oxygen atoms in total. The quantitative estimate of drug-likeness (QED) is 0.670. The molecule has 0 bridgehead atoms. The van der Waals surface area contributed by atoms with Crippen LogP contribution in [0.25, 0.3) is 0 Å². The Hall–Kier alpha value is -1.45. The summed E-state index contributed by atoms with van der Waals surface area (Å²) in [5.74, 6) is 1.51. The minimum Gasteiger partial charge on any atom is -0.458 e. The van der Waals surface area contributed by atoms with Crippen LogP contribution in [-0.4, -0.2) is 11.7 Å². The molecule has 0 saturated carbocycles. The van der Waals surface area contributed by atoms with E-state index < -0.39 is 5.06 Å². The molecule has 1 aromatic carbocycles. The first kappa shape index (κ1) is 13.0. The van der Waals surface area contributed by atoms with E-state index in [0.717, 1.165) is 11.5 Å². The molecule has 0 amide bonds. The first-order valence-electron chi connectivity index (χ1n) is 5.87. The van der Waals surface area contributed by atoms with E-state index in [0.29, 0.717) is 18.7 Å². The molecule has 1 unspecified atom stereocenters. The molecule has 0 heterocycles. The third kappa shape index (κ3) is 3.28. The number of halogens is 1. The van der Waals surface area contributed by atoms with E-state index in [1.54, 1.807) is 12.1 Å². The van der Waals surface area contributed by atoms with Gasteiger partial charge in [0.15, 0.2) is 5.06 Å². The van der Waals surface area contributed by atoms with Crippen LogP contribution in [0.5, 0.6) is 5.75 Å². The number of allylic oxidation sites excluding steroid dienone is 1. The van der Waals surface area contributed by atoms with Crippen LogP contribution in [0.3, 0.4) is 0 Å². The summed E-state index contributed by atoms with van der Waals surface area (Å²) in [5.41, 5.74) is 6.33. The van der Waals surface area contributed by atoms with Crippen LogP contribution in [0.1, 0.15) is 13.3 Å². The van der Waals surface area contributed by atoms with Gasteiger partial charge in [-0.1, -0.05) is 11.6 Å². The van der Waals surface area contributed by atoms with Gasteiger partial charge in [-0.15, -0.1) is 0 Å². The summed E-state index contributed by atoms with van der Waals surface area (Å²) in [6, 6.07) is 7.26. The lowest BCUT2D eigenvalue weighted by Gasteiger charge is -2.25. The van der Waals surface area contributed by atoms with Crippen molar-refractivity contribution in [2.75, 3.05) is 12.3 Å². The van der Waals surface area contributed by atoms with Gasteiger partial charge in [-0.3, -0.25) is 0 Å². The Morgan fingerprint density at radius 3 is 2.61 bits per heavy atom. The van der Waals surface area contributed by atoms with Gasteiger partial charge in [0.2, 0.25) is 0 Å². The van der Waals surface area contributed by atoms with E-state index in [1.807, 2.05) is 37.3 Å². The minimum atomic E-state index is -0.733. The predicted octanol–water partition coefficient (Wildman–Crippen LogP) is 3.46. The Labute approximate surface area is 112 Å². The highest BCUT2D eigenvalue weighted by atomic mass is 35.5. The summed E-state index contributed by atoms with van der Waals surface area (Å²) >= 11 is 6.24. The second-order valence-corrected chi connectivity index (χ2v) is 4.67. The highest BCUT2D eigenvalue weighted by molar-refractivity contribution is 6.24. The molecule has 1 aliphatic carbocycles. The second-order valence-electron chi connectivity index (χ2n) is 4.03. The van der Waals surface area contributed by atoms with Gasteiger partial charge in [-0.25, -0.2) is 0 Å². The molecule has 0 aliphatic heterocycles. The number of ether oxygens (including phenoxy) is 2. The van der Waals surface area contributed by atoms with E-state index in [9.17, 15) is 0 Å². The lowest BCUT2D eigenvalue weighted by Crippen LogP contribution is -2.24. The molecule has 4 heteroatoms. The van der Waals surface area contributed by atoms with Crippen molar-refractivity contribution < 1.29 is 9.47 Å². The normalized spacial score (nSPS) is 22.7. The van der Waals surface area contributed by atoms with Crippen LogP contribution in [0.4, 0.5) is 5.69 Å². The largest absolute Gasteiger partial charge is 0.458 e. The number of alkyl halides is 1. The van der Waals surface area contributed by atoms with E-state index >= 15 is 0 Å². The molecule has 1 aromatic rings. The standard InChI is InChI=1S/C14H16ClNO2/c1-2-17-14(15)9-7-13(8-10-14)18-12-5-3-11(16)4-6-12/h3-9H,2,10,16H2,1H3. The van der Waals surface area contributed by atoms with Crippen LogP contribution < -0.4 is 10.5 Å². The summed E-state index contributed by atoms with van der Waals surface area (Å²) in [5, 5.41) is -0.733. The summed E-state index contributed by atoms with van der Waals surface area (Å²) in [7, 11) is 0. The molecule has 0 spiro atoms. The van der Waals surface area contributed by atoms with Crippen molar-refractivity contribution in [3.05, 3.63) is 48.3 Å². The van der Waals surface area contributed by atoms with E-state index in [2.05, 4.69) is 0 Å². The van der Waals surface area contributed by atoms with Crippen LogP contribution in [-0.2, 0) is 4.74 Å². The lowest BCUT2D eigenvalue weighted by molar-refractivity contribution is 0.0638. The number of benzene rings is 1. The maximum Gasteiger partial charge on any atom is 0.164 e. The molecule has 0 fully saturated rings. The van der Waals surface area contributed by atoms with E-state index in [1.165, 1.54) is 0 Å². The molecule has 1 aliphatic rings. The molecule has 18 heavy (non-hydrogen) atoms. The molecular formula is C14H16ClNO2. The monoisotopic (exact) mass is 265 g/mol. The number of hydrogen-bond acceptors (Lipinski definition) is 3. The Morgan fingerprint density at radius 1 is 1.33 bits per heavy atom. The fourth-order valence-corrected chi connectivity index (χ4v) is 1.93. The van der Waals surface area contributed by atoms with Gasteiger partial charge in [0.25, 0.3) is 0 Å². The molecule has 0 radical (unpaired) electrons. The van der Waals surface area contributed by atoms with Gasteiger partial charge in [0.05, 0.1) is 0 Å². The zero-order valence-electron chi connectivity index (χ0n) is 10.2. The van der Waals surface area contributed by atoms with Crippen LogP contribution >= 0.6 is 11.6 Å². The smallest absolute Gasteiger partial charge is 0.164 e. The Kier molecular flexibility index (Phi) is 3.94. The lowest BCUT2D eigenvalue weighted by atomic mass is 10.1. The number of anilines is 1. The Bertz CT molecular complexity index is 467. The van der Waals surface area contributed by atoms with Crippen LogP contribution in [0.2, 0.25) is 0 Å². The van der Waals surface area contributed by atoms with Gasteiger partial charge >= 0.3 is 0 Å². The summed E-state index contributed by atoms with van der Waals surface area (Å²) in [4.78, 5) is 0. The van der Waals surface area contributed by atoms with Crippen molar-refractivity contribution in [1.29, 1.82) is 0 Å². The maximum absolute atomic E-state index is 6.24. The zero-order valence-corrected chi connectivity index (χ0v) is 11.0. The molecule has 0 saturated heterocycles. The van der Waals surface area contributed by atoms with Gasteiger partial charge in [0.1, 0.15) is 11.5 Å². The topological polar surface area (TPSA) is 44.5 Å². The summed E-state index contributed by atoms with van der Waals surface area (Å²) in [6.07, 6.45) is 6.13. The van der Waals surface area contributed by atoms with Gasteiger partial charge in [-0.05, 0) is 49.4 Å². The Morgan fingerprint density at radius 2 is 2.06 bits per heavy atom. The van der Waals surface area contributed by atoms with Gasteiger partial charge < -0.3 is 15.2 Å². The van der Waals surface area contributed by atoms with E-state index in [-0.39, 0.29) is 0 Å². The van der Waals surface area contributed by atoms with Gasteiger partial charge in [0, 0.05) is 18.7 Å². The van der Waals surface area contributed by atoms with Crippen molar-refractivity contribution in [2.24, 2.45) is 0 Å². The predicted molar refractivity (Wildman–Crippen MR) is 73.5 cm³/mol. The van der Waals surface area contributed by atoms with Crippen molar-refractivity contribution in [3.8, 4) is 5.75 Å². The molecule has 96 valence electrons. The number of hydrogen-bond donors (Lipinski definition) is 1. The molecular weight excluding hydrogens is 250 g/mol. The van der Waals surface area contributed by atoms with Crippen molar-refractivity contribution in [2.45, 2.75) is 18.4 Å². The third-order valence-corrected chi connectivity index (χ3v) is 2.97. The third-order valence-electron chi connectivity index (χ3n) is 2.58. The number of nitrogen functional groups attached to an aromatic ring is 1. The van der Waals surface area contributed by atoms with Crippen molar-refractivity contribution in [1.82, 2.24) is 0 Å². The van der Waals surface area contributed by atoms with Crippen LogP contribution in [0.15, 0.2) is 48.3 Å². The first-order chi connectivity index (χ1) is 8.61. The highest BCUT2D eigenvalue weighted by Crippen LogP contribution is 2.30. The first-order valence-corrected chi connectivity index (χ1v) is 6.25. The van der Waals surface area contributed by atoms with Crippen molar-refractivity contribution in [3.63, 3.8) is 0 Å². The van der Waals surface area contributed by atoms with Crippen LogP contribution in [0, 0.1) is 0 Å². The molecule has 1 atom stereocenters. The maximum atomic E-state index is 6.24. The number of nitrogens with two attached hydrogens (primary N) is 1. The Balaban J connectivity index is 1.99. The zero-order chi connectivity index (χ0) is 13.0. The van der Waals surface area contributed by atoms with Crippen molar-refractivity contribution >= 4 is 17.3 Å². The molecule has 2 N–H and O–H groups in total. The molecule has 2 rings (SSSR count). The summed E-state index contributed by atoms with van der Waals surface area (Å²) < 4.78 is 11.1.